The molecule has 668 valence electrons. The summed E-state index contributed by atoms with van der Waals surface area (Å²) in [6.07, 6.45) is 71.6. The van der Waals surface area contributed by atoms with E-state index in [0.717, 1.165) is 136 Å². The molecule has 0 bridgehead atoms. The van der Waals surface area contributed by atoms with E-state index in [0.29, 0.717) is 25.0 Å². The maximum atomic E-state index is 7.09. The fourth-order valence-electron chi connectivity index (χ4n) is 16.5. The number of ether oxygens (including phenoxy) is 4. The molecule has 0 amide bonds. The van der Waals surface area contributed by atoms with Crippen molar-refractivity contribution >= 4 is 172 Å². The average molecular weight is 2010 g/mol. The van der Waals surface area contributed by atoms with Gasteiger partial charge in [-0.05, 0) is 151 Å². The molecule has 0 radical (unpaired) electrons. The first-order valence-electron chi connectivity index (χ1n) is 48.0. The first-order valence-corrected chi connectivity index (χ1v) is 56.1. The number of imidazole rings is 2. The van der Waals surface area contributed by atoms with E-state index >= 15 is 0 Å². The number of thiophene rings is 4. The minimum absolute atomic E-state index is 0.522. The van der Waals surface area contributed by atoms with Crippen LogP contribution in [0.1, 0.15) is 388 Å². The second-order valence-corrected chi connectivity index (χ2v) is 44.7. The number of aromatic nitrogens is 6. The molecule has 0 aliphatic carbocycles. The number of hydrogen-bond donors (Lipinski definition) is 0. The maximum Gasteiger partial charge on any atom is 0.150 e. The molecule has 10 nitrogen and oxygen atoms in total. The van der Waals surface area contributed by atoms with Gasteiger partial charge in [-0.25, -0.2) is 19.9 Å². The number of aryl methyl sites for hydroxylation is 2. The predicted molar refractivity (Wildman–Crippen MR) is 544 cm³/mol. The second-order valence-electron chi connectivity index (χ2n) is 34.2. The van der Waals surface area contributed by atoms with Gasteiger partial charge < -0.3 is 28.1 Å². The van der Waals surface area contributed by atoms with Crippen LogP contribution in [0.15, 0.2) is 53.4 Å². The molecule has 0 saturated carbocycles. The normalized spacial score (nSPS) is 12.4. The van der Waals surface area contributed by atoms with E-state index in [1.807, 2.05) is 49.2 Å². The fourth-order valence-corrected chi connectivity index (χ4v) is 25.0. The topological polar surface area (TPSA) is 98.3 Å². The lowest BCUT2D eigenvalue weighted by atomic mass is 10.0. The monoisotopic (exact) mass is 2010 g/mol. The highest BCUT2D eigenvalue weighted by molar-refractivity contribution is 9.11. The zero-order valence-corrected chi connectivity index (χ0v) is 86.7. The third kappa shape index (κ3) is 31.8. The minimum Gasteiger partial charge on any atom is -0.491 e. The molecule has 0 aliphatic heterocycles. The summed E-state index contributed by atoms with van der Waals surface area (Å²) in [5.74, 6) is 6.87. The molecule has 2 unspecified atom stereocenters. The van der Waals surface area contributed by atoms with Crippen molar-refractivity contribution in [2.45, 2.75) is 389 Å². The summed E-state index contributed by atoms with van der Waals surface area (Å²) in [6.45, 7) is 21.2. The first-order chi connectivity index (χ1) is 58.8. The van der Waals surface area contributed by atoms with E-state index < -0.39 is 0 Å². The van der Waals surface area contributed by atoms with Gasteiger partial charge in [-0.3, -0.25) is 0 Å². The van der Waals surface area contributed by atoms with Crippen molar-refractivity contribution in [1.29, 1.82) is 0 Å². The zero-order chi connectivity index (χ0) is 85.1. The van der Waals surface area contributed by atoms with Crippen LogP contribution >= 0.6 is 132 Å². The Hall–Kier alpha value is -2.92. The summed E-state index contributed by atoms with van der Waals surface area (Å²) >= 11 is 26.0. The second kappa shape index (κ2) is 57.8. The third-order valence-electron chi connectivity index (χ3n) is 24.3. The Morgan fingerprint density at radius 3 is 0.842 bits per heavy atom. The molecule has 0 N–H and O–H groups in total. The summed E-state index contributed by atoms with van der Waals surface area (Å²) < 4.78 is 41.1. The maximum absolute atomic E-state index is 7.09. The molecule has 0 fully saturated rings. The number of hydrogen-bond acceptors (Lipinski definition) is 14. The molecule has 0 spiro atoms. The van der Waals surface area contributed by atoms with Gasteiger partial charge in [0, 0.05) is 35.6 Å². The van der Waals surface area contributed by atoms with Crippen LogP contribution in [0.25, 0.3) is 81.5 Å². The summed E-state index contributed by atoms with van der Waals surface area (Å²) in [4.78, 5) is 24.8. The smallest absolute Gasteiger partial charge is 0.150 e. The van der Waals surface area contributed by atoms with Crippen LogP contribution in [0.2, 0.25) is 0 Å². The Balaban J connectivity index is 0.000000314. The highest BCUT2D eigenvalue weighted by atomic mass is 79.9. The van der Waals surface area contributed by atoms with Crippen molar-refractivity contribution in [3.8, 4) is 64.2 Å². The van der Waals surface area contributed by atoms with Gasteiger partial charge in [-0.15, -0.1) is 68.0 Å². The van der Waals surface area contributed by atoms with Crippen molar-refractivity contribution in [3.63, 3.8) is 0 Å². The lowest BCUT2D eigenvalue weighted by Gasteiger charge is -2.19. The highest BCUT2D eigenvalue weighted by Crippen LogP contribution is 2.56. The lowest BCUT2D eigenvalue weighted by molar-refractivity contribution is 0.235. The summed E-state index contributed by atoms with van der Waals surface area (Å²) in [7, 11) is 4.08. The Kier molecular flexibility index (Phi) is 48.6. The number of unbranched alkanes of at least 4 members (excludes halogenated alkanes) is 40. The Labute approximate surface area is 783 Å². The molecule has 0 saturated heterocycles. The zero-order valence-electron chi connectivity index (χ0n) is 75.5. The molecule has 20 heteroatoms. The van der Waals surface area contributed by atoms with Gasteiger partial charge in [0.2, 0.25) is 0 Å². The SMILES string of the molecule is CCCCC(CC)COc1c2cc(-c3ncc(Br)n3C)sc2c(OCC(CC)CCCC)c2cc(-c3ncc(Br)n3C)sc12.CCCCCCCCCCCCCCCCOc1c2cc(-c3nc(CCCCCCCCC)c(Br)s3)sc2c(OCCCCCCCCCCCCCCCC)c2cc(-c3nc(CCCCCCCCC)c(Br)s3)sc12. The van der Waals surface area contributed by atoms with Crippen LogP contribution in [0.4, 0.5) is 0 Å². The number of benzene rings is 2. The molecule has 120 heavy (non-hydrogen) atoms. The van der Waals surface area contributed by atoms with Crippen molar-refractivity contribution in [2.75, 3.05) is 26.4 Å². The molecule has 2 aromatic carbocycles. The number of nitrogens with zero attached hydrogens (tertiary/aromatic N) is 6. The lowest BCUT2D eigenvalue weighted by Crippen LogP contribution is -2.12. The number of rotatable bonds is 66. The largest absolute Gasteiger partial charge is 0.491 e. The van der Waals surface area contributed by atoms with E-state index in [9.17, 15) is 0 Å². The van der Waals surface area contributed by atoms with Gasteiger partial charge in [-0.1, -0.05) is 338 Å². The van der Waals surface area contributed by atoms with Crippen LogP contribution in [0.3, 0.4) is 0 Å². The van der Waals surface area contributed by atoms with Gasteiger partial charge in [0.15, 0.2) is 11.6 Å². The average Bonchev–Trinajstić information content (AvgIpc) is 1.58. The number of halogens is 4. The van der Waals surface area contributed by atoms with Crippen LogP contribution in [0, 0.1) is 11.8 Å². The standard InChI is InChI=1S/C66H106Br2N2O2S4.C34H44Br2N4O2S2/c1-5-9-13-17-21-23-25-27-29-31-33-37-41-45-49-71-59-53-51-57(65-69-55(63(67)75-65)47-43-39-35-19-15-11-7-3)74-62(53)60(72-50-46-42-38-34-32-30-28-26-24-22-18-14-10-6-2)54-52-58(73-61(54)59)66-70-56(64(68)76-66)48-44-40-36-20-16-12-8-4;1-7-11-13-21(9-3)19-41-29-23-15-25(33-37-17-27(35)39(33)5)44-32(23)30(42-20-22(10-4)14-12-8-2)24-16-26(43-31(24)29)34-38-18-28(36)40(34)6/h51-52H,5-50H2,1-4H3;15-18,21-22H,7-14,19-20H2,1-6H3. The summed E-state index contributed by atoms with van der Waals surface area (Å²) in [5.41, 5.74) is 2.42. The van der Waals surface area contributed by atoms with E-state index in [4.69, 9.17) is 38.9 Å². The van der Waals surface area contributed by atoms with Gasteiger partial charge >= 0.3 is 0 Å². The van der Waals surface area contributed by atoms with E-state index in [1.165, 1.54) is 344 Å². The predicted octanol–water partition coefficient (Wildman–Crippen LogP) is 37.8. The van der Waals surface area contributed by atoms with E-state index in [-0.39, 0.29) is 0 Å². The van der Waals surface area contributed by atoms with E-state index in [2.05, 4.69) is 153 Å². The molecule has 0 aliphatic rings. The quantitative estimate of drug-likeness (QED) is 0.0348. The Morgan fingerprint density at radius 1 is 0.308 bits per heavy atom. The molecule has 2 atom stereocenters. The van der Waals surface area contributed by atoms with Crippen molar-refractivity contribution in [2.24, 2.45) is 25.9 Å². The molecule has 10 rings (SSSR count). The fraction of sp³-hybridized carbons (Fsp3) is 0.680. The molecule has 8 aromatic heterocycles. The Morgan fingerprint density at radius 2 is 0.567 bits per heavy atom. The van der Waals surface area contributed by atoms with Crippen LogP contribution in [-0.4, -0.2) is 55.5 Å². The van der Waals surface area contributed by atoms with Gasteiger partial charge in [0.25, 0.3) is 0 Å². The molecular weight excluding hydrogens is 1860 g/mol. The van der Waals surface area contributed by atoms with Crippen LogP contribution in [0.5, 0.6) is 23.0 Å². The van der Waals surface area contributed by atoms with Crippen molar-refractivity contribution in [1.82, 2.24) is 29.1 Å². The van der Waals surface area contributed by atoms with Gasteiger partial charge in [-0.2, -0.15) is 0 Å². The third-order valence-corrected chi connectivity index (χ3v) is 34.3. The van der Waals surface area contributed by atoms with Gasteiger partial charge in [0.05, 0.1) is 96.1 Å². The molecular formula is C100H150Br4N6O4S6. The Bertz CT molecular complexity index is 4100. The van der Waals surface area contributed by atoms with Crippen molar-refractivity contribution < 1.29 is 18.9 Å². The van der Waals surface area contributed by atoms with Gasteiger partial charge in [0.1, 0.15) is 42.2 Å². The molecule has 10 aromatic rings. The van der Waals surface area contributed by atoms with E-state index in [1.54, 1.807) is 45.3 Å². The van der Waals surface area contributed by atoms with Crippen LogP contribution in [-0.2, 0) is 26.9 Å². The highest BCUT2D eigenvalue weighted by Gasteiger charge is 2.29. The molecule has 8 heterocycles. The minimum atomic E-state index is 0.522. The summed E-state index contributed by atoms with van der Waals surface area (Å²) in [6, 6.07) is 9.30. The number of thiazole rings is 2. The summed E-state index contributed by atoms with van der Waals surface area (Å²) in [5, 5.41) is 6.78. The van der Waals surface area contributed by atoms with Crippen molar-refractivity contribution in [3.05, 3.63) is 64.8 Å². The number of fused-ring (bicyclic) bond motifs is 4. The van der Waals surface area contributed by atoms with Crippen LogP contribution < -0.4 is 18.9 Å². The first kappa shape index (κ1) is 101.